The Morgan fingerprint density at radius 1 is 1.35 bits per heavy atom. The minimum Gasteiger partial charge on any atom is -0.337 e. The molecule has 3 nitrogen and oxygen atoms in total. The van der Waals surface area contributed by atoms with E-state index < -0.39 is 0 Å². The Bertz CT molecular complexity index is 654. The first kappa shape index (κ1) is 13.7. The smallest absolute Gasteiger partial charge is 0.269 e. The van der Waals surface area contributed by atoms with Crippen LogP contribution in [0.5, 0.6) is 0 Å². The monoisotopic (exact) mass is 320 g/mol. The Morgan fingerprint density at radius 2 is 2.10 bits per heavy atom. The highest BCUT2D eigenvalue weighted by molar-refractivity contribution is 8.27. The van der Waals surface area contributed by atoms with Gasteiger partial charge < -0.3 is 4.90 Å². The molecule has 0 radical (unpaired) electrons. The van der Waals surface area contributed by atoms with Gasteiger partial charge >= 0.3 is 0 Å². The van der Waals surface area contributed by atoms with Crippen LogP contribution < -0.4 is 4.90 Å². The van der Waals surface area contributed by atoms with Gasteiger partial charge in [-0.25, -0.2) is 0 Å². The molecule has 1 amide bonds. The standard InChI is InChI=1S/C14H12N2OS3/c1-3-8-16-12(17)11(20-14(16)18)13-15(2)9-6-4-5-7-10(9)19-13/h3-7H,1,8H2,2H3/b13-11+. The number of rotatable bonds is 2. The van der Waals surface area contributed by atoms with E-state index in [2.05, 4.69) is 23.6 Å². The van der Waals surface area contributed by atoms with Crippen molar-refractivity contribution in [3.05, 3.63) is 46.9 Å². The van der Waals surface area contributed by atoms with Crippen LogP contribution in [0.25, 0.3) is 0 Å². The molecule has 0 saturated carbocycles. The minimum absolute atomic E-state index is 0.0259. The Hall–Kier alpha value is -1.24. The van der Waals surface area contributed by atoms with Crippen LogP contribution in [0.4, 0.5) is 5.69 Å². The summed E-state index contributed by atoms with van der Waals surface area (Å²) in [6, 6.07) is 8.13. The topological polar surface area (TPSA) is 23.6 Å². The molecule has 0 unspecified atom stereocenters. The van der Waals surface area contributed by atoms with Gasteiger partial charge in [-0.15, -0.1) is 6.58 Å². The summed E-state index contributed by atoms with van der Waals surface area (Å²) in [4.78, 5) is 18.0. The van der Waals surface area contributed by atoms with Crippen LogP contribution in [-0.4, -0.2) is 28.7 Å². The Kier molecular flexibility index (Phi) is 3.62. The second-order valence-corrected chi connectivity index (χ2v) is 7.01. The molecular formula is C14H12N2OS3. The number of carbonyl (C=O) groups is 1. The van der Waals surface area contributed by atoms with Crippen LogP contribution in [0.1, 0.15) is 0 Å². The third kappa shape index (κ3) is 2.08. The van der Waals surface area contributed by atoms with Crippen LogP contribution >= 0.6 is 35.7 Å². The Morgan fingerprint density at radius 3 is 2.80 bits per heavy atom. The maximum absolute atomic E-state index is 12.5. The highest BCUT2D eigenvalue weighted by atomic mass is 32.2. The lowest BCUT2D eigenvalue weighted by Gasteiger charge is -2.15. The van der Waals surface area contributed by atoms with Gasteiger partial charge in [-0.1, -0.05) is 54.0 Å². The number of hydrogen-bond acceptors (Lipinski definition) is 5. The van der Waals surface area contributed by atoms with E-state index in [0.29, 0.717) is 15.8 Å². The molecule has 0 aromatic heterocycles. The Labute approximate surface area is 131 Å². The molecule has 1 fully saturated rings. The van der Waals surface area contributed by atoms with Gasteiger partial charge in [0.25, 0.3) is 5.91 Å². The normalized spacial score (nSPS) is 21.6. The summed E-state index contributed by atoms with van der Waals surface area (Å²) in [6.45, 7) is 4.13. The summed E-state index contributed by atoms with van der Waals surface area (Å²) in [7, 11) is 1.98. The SMILES string of the molecule is C=CCN1C(=O)/C(=C2\Sc3ccccc3N2C)SC1=S. The molecule has 0 aliphatic carbocycles. The van der Waals surface area contributed by atoms with Crippen molar-refractivity contribution in [1.29, 1.82) is 0 Å². The number of fused-ring (bicyclic) bond motifs is 1. The van der Waals surface area contributed by atoms with Gasteiger partial charge in [0.2, 0.25) is 0 Å². The number of thioether (sulfide) groups is 2. The summed E-state index contributed by atoms with van der Waals surface area (Å²) in [5, 5.41) is 0.954. The molecule has 1 aromatic rings. The second kappa shape index (κ2) is 5.27. The van der Waals surface area contributed by atoms with Crippen LogP contribution in [0, 0.1) is 0 Å². The van der Waals surface area contributed by atoms with Gasteiger partial charge in [0.05, 0.1) is 10.7 Å². The van der Waals surface area contributed by atoms with Crippen LogP contribution in [0.2, 0.25) is 0 Å². The highest BCUT2D eigenvalue weighted by Crippen LogP contribution is 2.49. The lowest BCUT2D eigenvalue weighted by Crippen LogP contribution is -2.28. The van der Waals surface area contributed by atoms with Gasteiger partial charge in [-0.3, -0.25) is 9.69 Å². The maximum Gasteiger partial charge on any atom is 0.269 e. The van der Waals surface area contributed by atoms with Crippen molar-refractivity contribution in [2.24, 2.45) is 0 Å². The van der Waals surface area contributed by atoms with Crippen molar-refractivity contribution >= 4 is 51.7 Å². The molecule has 6 heteroatoms. The first-order valence-electron chi connectivity index (χ1n) is 6.03. The fraction of sp³-hybridized carbons (Fsp3) is 0.143. The zero-order valence-corrected chi connectivity index (χ0v) is 13.3. The van der Waals surface area contributed by atoms with Gasteiger partial charge in [0, 0.05) is 18.5 Å². The molecule has 2 aliphatic rings. The molecule has 20 heavy (non-hydrogen) atoms. The average molecular weight is 320 g/mol. The number of para-hydroxylation sites is 1. The van der Waals surface area contributed by atoms with Gasteiger partial charge in [0.15, 0.2) is 0 Å². The number of anilines is 1. The molecule has 3 rings (SSSR count). The third-order valence-corrected chi connectivity index (χ3v) is 5.90. The summed E-state index contributed by atoms with van der Waals surface area (Å²) >= 11 is 8.27. The first-order valence-corrected chi connectivity index (χ1v) is 8.07. The molecule has 1 aromatic carbocycles. The summed E-state index contributed by atoms with van der Waals surface area (Å²) < 4.78 is 0.599. The number of thiocarbonyl (C=S) groups is 1. The average Bonchev–Trinajstić information content (AvgIpc) is 2.92. The van der Waals surface area contributed by atoms with Crippen molar-refractivity contribution in [2.45, 2.75) is 4.90 Å². The second-order valence-electron chi connectivity index (χ2n) is 4.34. The van der Waals surface area contributed by atoms with Crippen molar-refractivity contribution in [1.82, 2.24) is 4.90 Å². The quantitative estimate of drug-likeness (QED) is 0.472. The zero-order valence-electron chi connectivity index (χ0n) is 10.8. The van der Waals surface area contributed by atoms with E-state index in [-0.39, 0.29) is 5.91 Å². The van der Waals surface area contributed by atoms with E-state index in [1.807, 2.05) is 19.2 Å². The maximum atomic E-state index is 12.5. The molecule has 1 saturated heterocycles. The van der Waals surface area contributed by atoms with Crippen molar-refractivity contribution in [3.8, 4) is 0 Å². The van der Waals surface area contributed by atoms with E-state index in [1.165, 1.54) is 16.7 Å². The minimum atomic E-state index is -0.0259. The van der Waals surface area contributed by atoms with Crippen LogP contribution in [-0.2, 0) is 4.79 Å². The summed E-state index contributed by atoms with van der Waals surface area (Å²) in [5.41, 5.74) is 1.13. The Balaban J connectivity index is 2.00. The molecule has 0 N–H and O–H groups in total. The summed E-state index contributed by atoms with van der Waals surface area (Å²) in [6.07, 6.45) is 1.69. The molecule has 2 heterocycles. The predicted octanol–water partition coefficient (Wildman–Crippen LogP) is 3.44. The van der Waals surface area contributed by atoms with E-state index in [9.17, 15) is 4.79 Å². The number of nitrogens with zero attached hydrogens (tertiary/aromatic N) is 2. The van der Waals surface area contributed by atoms with E-state index in [1.54, 1.807) is 22.7 Å². The van der Waals surface area contributed by atoms with Crippen molar-refractivity contribution < 1.29 is 4.79 Å². The fourth-order valence-electron chi connectivity index (χ4n) is 2.11. The molecule has 0 atom stereocenters. The number of amides is 1. The lowest BCUT2D eigenvalue weighted by molar-refractivity contribution is -0.121. The van der Waals surface area contributed by atoms with E-state index in [0.717, 1.165) is 10.7 Å². The predicted molar refractivity (Wildman–Crippen MR) is 89.8 cm³/mol. The highest BCUT2D eigenvalue weighted by Gasteiger charge is 2.37. The van der Waals surface area contributed by atoms with Crippen molar-refractivity contribution in [2.75, 3.05) is 18.5 Å². The molecular weight excluding hydrogens is 308 g/mol. The van der Waals surface area contributed by atoms with Gasteiger partial charge in [0.1, 0.15) is 9.23 Å². The number of carbonyl (C=O) groups excluding carboxylic acids is 1. The first-order chi connectivity index (χ1) is 9.63. The number of hydrogen-bond donors (Lipinski definition) is 0. The fourth-order valence-corrected chi connectivity index (χ4v) is 4.72. The lowest BCUT2D eigenvalue weighted by atomic mass is 10.3. The van der Waals surface area contributed by atoms with E-state index in [4.69, 9.17) is 12.2 Å². The number of benzene rings is 1. The van der Waals surface area contributed by atoms with E-state index >= 15 is 0 Å². The largest absolute Gasteiger partial charge is 0.337 e. The van der Waals surface area contributed by atoms with Gasteiger partial charge in [-0.2, -0.15) is 0 Å². The van der Waals surface area contributed by atoms with Crippen LogP contribution in [0.3, 0.4) is 0 Å². The van der Waals surface area contributed by atoms with Crippen LogP contribution in [0.15, 0.2) is 51.8 Å². The molecule has 0 bridgehead atoms. The molecule has 2 aliphatic heterocycles. The summed E-state index contributed by atoms with van der Waals surface area (Å²) in [5.74, 6) is -0.0259. The third-order valence-electron chi connectivity index (χ3n) is 3.09. The molecule has 102 valence electrons. The molecule has 0 spiro atoms. The zero-order chi connectivity index (χ0) is 14.3. The van der Waals surface area contributed by atoms with Gasteiger partial charge in [-0.05, 0) is 12.1 Å². The van der Waals surface area contributed by atoms with Crippen molar-refractivity contribution in [3.63, 3.8) is 0 Å².